The summed E-state index contributed by atoms with van der Waals surface area (Å²) in [5.74, 6) is 1.22. The molecule has 4 rings (SSSR count). The van der Waals surface area contributed by atoms with Crippen LogP contribution in [0, 0.1) is 0 Å². The first kappa shape index (κ1) is 15.9. The third kappa shape index (κ3) is 2.62. The van der Waals surface area contributed by atoms with Crippen molar-refractivity contribution >= 4 is 17.7 Å². The second-order valence-corrected chi connectivity index (χ2v) is 6.75. The summed E-state index contributed by atoms with van der Waals surface area (Å²) < 4.78 is 17.5. The van der Waals surface area contributed by atoms with Crippen molar-refractivity contribution in [3.05, 3.63) is 45.7 Å². The first-order valence-electron chi connectivity index (χ1n) is 7.65. The Morgan fingerprint density at radius 2 is 2.16 bits per heavy atom. The lowest BCUT2D eigenvalue weighted by Gasteiger charge is -2.15. The Morgan fingerprint density at radius 1 is 1.36 bits per heavy atom. The molecule has 0 saturated carbocycles. The molecule has 0 radical (unpaired) electrons. The maximum Gasteiger partial charge on any atom is 0.327 e. The zero-order chi connectivity index (χ0) is 17.6. The molecule has 0 spiro atoms. The fourth-order valence-electron chi connectivity index (χ4n) is 3.10. The van der Waals surface area contributed by atoms with Crippen molar-refractivity contribution in [2.75, 3.05) is 19.7 Å². The Morgan fingerprint density at radius 3 is 2.92 bits per heavy atom. The van der Waals surface area contributed by atoms with Gasteiger partial charge in [0.25, 0.3) is 5.56 Å². The number of carboxylic acids is 1. The normalized spacial score (nSPS) is 17.4. The molecule has 2 aliphatic heterocycles. The van der Waals surface area contributed by atoms with Crippen molar-refractivity contribution in [1.82, 2.24) is 4.57 Å². The highest BCUT2D eigenvalue weighted by Gasteiger charge is 2.33. The lowest BCUT2D eigenvalue weighted by molar-refractivity contribution is -0.140. The van der Waals surface area contributed by atoms with E-state index in [0.29, 0.717) is 34.4 Å². The van der Waals surface area contributed by atoms with Crippen molar-refractivity contribution in [3.8, 4) is 17.2 Å². The third-order valence-corrected chi connectivity index (χ3v) is 5.39. The quantitative estimate of drug-likeness (QED) is 0.890. The van der Waals surface area contributed by atoms with E-state index < -0.39 is 12.0 Å². The minimum Gasteiger partial charge on any atom is -0.494 e. The number of ether oxygens (including phenoxy) is 3. The number of hydrogen-bond acceptors (Lipinski definition) is 6. The fourth-order valence-corrected chi connectivity index (χ4v) is 4.41. The number of rotatable bonds is 4. The van der Waals surface area contributed by atoms with Crippen LogP contribution in [0.2, 0.25) is 0 Å². The van der Waals surface area contributed by atoms with E-state index in [1.165, 1.54) is 29.5 Å². The number of hydrogen-bond donors (Lipinski definition) is 1. The lowest BCUT2D eigenvalue weighted by atomic mass is 10.0. The topological polar surface area (TPSA) is 87.0 Å². The van der Waals surface area contributed by atoms with E-state index in [1.807, 2.05) is 18.2 Å². The number of carbonyl (C=O) groups is 1. The summed E-state index contributed by atoms with van der Waals surface area (Å²) in [6, 6.07) is 6.21. The highest BCUT2D eigenvalue weighted by Crippen LogP contribution is 2.41. The third-order valence-electron chi connectivity index (χ3n) is 4.25. The number of thioether (sulfide) groups is 1. The summed E-state index contributed by atoms with van der Waals surface area (Å²) >= 11 is 1.33. The number of methoxy groups -OCH3 is 1. The molecule has 0 aliphatic carbocycles. The van der Waals surface area contributed by atoms with Gasteiger partial charge in [-0.1, -0.05) is 6.07 Å². The van der Waals surface area contributed by atoms with Crippen LogP contribution in [-0.4, -0.2) is 35.3 Å². The van der Waals surface area contributed by atoms with E-state index in [9.17, 15) is 14.7 Å². The Balaban J connectivity index is 1.75. The molecule has 2 aliphatic rings. The van der Waals surface area contributed by atoms with E-state index in [1.54, 1.807) is 0 Å². The summed E-state index contributed by atoms with van der Waals surface area (Å²) in [5.41, 5.74) is 1.34. The maximum atomic E-state index is 12.5. The molecule has 0 unspecified atom stereocenters. The van der Waals surface area contributed by atoms with Gasteiger partial charge in [-0.15, -0.1) is 11.8 Å². The van der Waals surface area contributed by atoms with E-state index >= 15 is 0 Å². The number of aromatic nitrogens is 1. The Labute approximate surface area is 147 Å². The molecule has 130 valence electrons. The predicted octanol–water partition coefficient (Wildman–Crippen LogP) is 1.91. The molecule has 1 aromatic carbocycles. The van der Waals surface area contributed by atoms with Crippen LogP contribution in [0.1, 0.15) is 17.2 Å². The number of carboxylic acid groups (broad SMARTS) is 1. The number of pyridine rings is 1. The number of benzene rings is 1. The Bertz CT molecular complexity index is 922. The smallest absolute Gasteiger partial charge is 0.327 e. The van der Waals surface area contributed by atoms with Gasteiger partial charge in [0.1, 0.15) is 11.1 Å². The molecule has 2 aromatic rings. The highest BCUT2D eigenvalue weighted by atomic mass is 32.2. The van der Waals surface area contributed by atoms with Gasteiger partial charge in [-0.05, 0) is 17.7 Å². The SMILES string of the molecule is COc1c(Cc2ccc3c(c2)OCO3)cc(=O)n2c1SC[C@H]2C(=O)O. The highest BCUT2D eigenvalue weighted by molar-refractivity contribution is 7.99. The van der Waals surface area contributed by atoms with Crippen molar-refractivity contribution in [2.45, 2.75) is 17.5 Å². The molecular formula is C17H15NO6S. The summed E-state index contributed by atoms with van der Waals surface area (Å²) in [5, 5.41) is 9.87. The standard InChI is InChI=1S/C17H15NO6S/c1-22-15-10(4-9-2-3-12-13(5-9)24-8-23-12)6-14(19)18-11(17(20)21)7-25-16(15)18/h2-3,5-6,11H,4,7-8H2,1H3,(H,20,21)/t11-/m0/s1. The number of nitrogens with zero attached hydrogens (tertiary/aromatic N) is 1. The maximum absolute atomic E-state index is 12.5. The summed E-state index contributed by atoms with van der Waals surface area (Å²) in [6.45, 7) is 0.204. The van der Waals surface area contributed by atoms with Gasteiger partial charge in [-0.3, -0.25) is 9.36 Å². The molecule has 8 heteroatoms. The monoisotopic (exact) mass is 361 g/mol. The molecule has 0 saturated heterocycles. The zero-order valence-electron chi connectivity index (χ0n) is 13.4. The van der Waals surface area contributed by atoms with E-state index in [2.05, 4.69) is 0 Å². The summed E-state index contributed by atoms with van der Waals surface area (Å²) in [6.07, 6.45) is 0.473. The van der Waals surface area contributed by atoms with Crippen molar-refractivity contribution in [2.24, 2.45) is 0 Å². The van der Waals surface area contributed by atoms with Crippen LogP contribution < -0.4 is 19.8 Å². The van der Waals surface area contributed by atoms with Gasteiger partial charge in [-0.25, -0.2) is 4.79 Å². The zero-order valence-corrected chi connectivity index (χ0v) is 14.2. The molecule has 1 aromatic heterocycles. The van der Waals surface area contributed by atoms with Gasteiger partial charge in [0.05, 0.1) is 7.11 Å². The van der Waals surface area contributed by atoms with Crippen LogP contribution in [0.4, 0.5) is 0 Å². The van der Waals surface area contributed by atoms with E-state index in [4.69, 9.17) is 14.2 Å². The lowest BCUT2D eigenvalue weighted by Crippen LogP contribution is -2.29. The molecule has 0 amide bonds. The number of fused-ring (bicyclic) bond motifs is 2. The van der Waals surface area contributed by atoms with Gasteiger partial charge in [0, 0.05) is 23.8 Å². The van der Waals surface area contributed by atoms with Gasteiger partial charge in [0.2, 0.25) is 6.79 Å². The average Bonchev–Trinajstić information content (AvgIpc) is 3.21. The first-order chi connectivity index (χ1) is 12.1. The molecule has 7 nitrogen and oxygen atoms in total. The largest absolute Gasteiger partial charge is 0.494 e. The van der Waals surface area contributed by atoms with E-state index in [0.717, 1.165) is 11.1 Å². The Hall–Kier alpha value is -2.61. The molecular weight excluding hydrogens is 346 g/mol. The van der Waals surface area contributed by atoms with Crippen LogP contribution in [0.15, 0.2) is 34.1 Å². The summed E-state index contributed by atoms with van der Waals surface area (Å²) in [4.78, 5) is 23.8. The minimum atomic E-state index is -1.01. The van der Waals surface area contributed by atoms with Gasteiger partial charge >= 0.3 is 5.97 Å². The second-order valence-electron chi connectivity index (χ2n) is 5.75. The van der Waals surface area contributed by atoms with E-state index in [-0.39, 0.29) is 12.4 Å². The average molecular weight is 361 g/mol. The van der Waals surface area contributed by atoms with Crippen molar-refractivity contribution in [3.63, 3.8) is 0 Å². The van der Waals surface area contributed by atoms with Crippen LogP contribution in [0.5, 0.6) is 17.2 Å². The predicted molar refractivity (Wildman–Crippen MR) is 90.0 cm³/mol. The van der Waals surface area contributed by atoms with Crippen LogP contribution >= 0.6 is 11.8 Å². The van der Waals surface area contributed by atoms with Crippen molar-refractivity contribution in [1.29, 1.82) is 0 Å². The van der Waals surface area contributed by atoms with Crippen LogP contribution in [-0.2, 0) is 11.2 Å². The van der Waals surface area contributed by atoms with Crippen LogP contribution in [0.25, 0.3) is 0 Å². The van der Waals surface area contributed by atoms with Gasteiger partial charge in [0.15, 0.2) is 17.2 Å². The molecule has 0 fully saturated rings. The second kappa shape index (κ2) is 6.03. The molecule has 3 heterocycles. The first-order valence-corrected chi connectivity index (χ1v) is 8.63. The Kier molecular flexibility index (Phi) is 3.84. The van der Waals surface area contributed by atoms with Crippen molar-refractivity contribution < 1.29 is 24.1 Å². The summed E-state index contributed by atoms with van der Waals surface area (Å²) in [7, 11) is 1.53. The fraction of sp³-hybridized carbons (Fsp3) is 0.294. The molecule has 25 heavy (non-hydrogen) atoms. The molecule has 1 atom stereocenters. The van der Waals surface area contributed by atoms with Gasteiger partial charge < -0.3 is 19.3 Å². The number of aliphatic carboxylic acids is 1. The molecule has 1 N–H and O–H groups in total. The van der Waals surface area contributed by atoms with Crippen LogP contribution in [0.3, 0.4) is 0 Å². The molecule has 0 bridgehead atoms. The minimum absolute atomic E-state index is 0.204. The van der Waals surface area contributed by atoms with Gasteiger partial charge in [-0.2, -0.15) is 0 Å².